The quantitative estimate of drug-likeness (QED) is 0.764. The minimum absolute atomic E-state index is 0.191. The number of halogens is 2. The Bertz CT molecular complexity index is 570. The van der Waals surface area contributed by atoms with Crippen molar-refractivity contribution in [1.29, 1.82) is 0 Å². The molecule has 0 bridgehead atoms. The van der Waals surface area contributed by atoms with Crippen LogP contribution in [0.25, 0.3) is 10.9 Å². The third-order valence-corrected chi connectivity index (χ3v) is 4.22. The fraction of sp³-hybridized carbons (Fsp3) is 0.462. The van der Waals surface area contributed by atoms with Crippen LogP contribution in [0.2, 0.25) is 0 Å². The molecule has 1 fully saturated rings. The highest BCUT2D eigenvalue weighted by Crippen LogP contribution is 2.34. The van der Waals surface area contributed by atoms with Gasteiger partial charge >= 0.3 is 0 Å². The van der Waals surface area contributed by atoms with Crippen molar-refractivity contribution in [3.05, 3.63) is 28.1 Å². The van der Waals surface area contributed by atoms with Crippen molar-refractivity contribution in [2.75, 3.05) is 0 Å². The molecule has 1 aromatic carbocycles. The van der Waals surface area contributed by atoms with E-state index in [1.807, 2.05) is 17.7 Å². The van der Waals surface area contributed by atoms with Crippen LogP contribution in [-0.2, 0) is 0 Å². The van der Waals surface area contributed by atoms with Crippen LogP contribution in [0.15, 0.2) is 16.6 Å². The number of rotatable bonds is 1. The van der Waals surface area contributed by atoms with Gasteiger partial charge < -0.3 is 0 Å². The maximum atomic E-state index is 14.1. The first-order valence-electron chi connectivity index (χ1n) is 6.01. The van der Waals surface area contributed by atoms with E-state index in [-0.39, 0.29) is 5.82 Å². The maximum absolute atomic E-state index is 14.1. The van der Waals surface area contributed by atoms with Crippen molar-refractivity contribution >= 4 is 26.8 Å². The summed E-state index contributed by atoms with van der Waals surface area (Å²) in [6.07, 6.45) is 4.83. The van der Waals surface area contributed by atoms with Crippen molar-refractivity contribution in [2.45, 2.75) is 38.6 Å². The summed E-state index contributed by atoms with van der Waals surface area (Å²) in [6, 6.07) is 4.18. The molecule has 3 rings (SSSR count). The Labute approximate surface area is 108 Å². The van der Waals surface area contributed by atoms with Crippen molar-refractivity contribution in [3.8, 4) is 0 Å². The molecule has 2 nitrogen and oxygen atoms in total. The highest BCUT2D eigenvalue weighted by Gasteiger charge is 2.22. The lowest BCUT2D eigenvalue weighted by molar-refractivity contribution is 0.479. The fourth-order valence-electron chi connectivity index (χ4n) is 2.77. The number of aryl methyl sites for hydroxylation is 1. The molecule has 17 heavy (non-hydrogen) atoms. The zero-order valence-electron chi connectivity index (χ0n) is 9.71. The van der Waals surface area contributed by atoms with Gasteiger partial charge in [-0.3, -0.25) is 4.68 Å². The number of benzene rings is 1. The first kappa shape index (κ1) is 11.2. The molecule has 1 heterocycles. The van der Waals surface area contributed by atoms with Gasteiger partial charge in [-0.1, -0.05) is 12.8 Å². The zero-order chi connectivity index (χ0) is 12.0. The van der Waals surface area contributed by atoms with Crippen molar-refractivity contribution in [3.63, 3.8) is 0 Å². The Hall–Kier alpha value is -0.900. The molecule has 0 unspecified atom stereocenters. The van der Waals surface area contributed by atoms with Crippen molar-refractivity contribution in [1.82, 2.24) is 9.78 Å². The van der Waals surface area contributed by atoms with Gasteiger partial charge in [0.1, 0.15) is 5.82 Å². The molecule has 0 atom stereocenters. The lowest BCUT2D eigenvalue weighted by Gasteiger charge is -2.11. The maximum Gasteiger partial charge on any atom is 0.148 e. The second-order valence-electron chi connectivity index (χ2n) is 4.72. The number of hydrogen-bond acceptors (Lipinski definition) is 1. The standard InChI is InChI=1S/C13H14BrFN2/c1-8-12-11(7-6-10(14)13(12)15)17(16-8)9-4-2-3-5-9/h6-7,9H,2-5H2,1H3. The zero-order valence-corrected chi connectivity index (χ0v) is 11.3. The van der Waals surface area contributed by atoms with Crippen LogP contribution < -0.4 is 0 Å². The Morgan fingerprint density at radius 3 is 2.76 bits per heavy atom. The molecule has 90 valence electrons. The Morgan fingerprint density at radius 2 is 2.06 bits per heavy atom. The molecule has 0 amide bonds. The summed E-state index contributed by atoms with van der Waals surface area (Å²) >= 11 is 3.23. The molecule has 1 saturated carbocycles. The molecule has 1 aliphatic carbocycles. The van der Waals surface area contributed by atoms with Gasteiger partial charge in [-0.05, 0) is 47.8 Å². The monoisotopic (exact) mass is 296 g/mol. The summed E-state index contributed by atoms with van der Waals surface area (Å²) in [6.45, 7) is 1.88. The molecule has 2 aromatic rings. The van der Waals surface area contributed by atoms with Crippen LogP contribution >= 0.6 is 15.9 Å². The number of hydrogen-bond donors (Lipinski definition) is 0. The summed E-state index contributed by atoms with van der Waals surface area (Å²) in [5.74, 6) is -0.191. The van der Waals surface area contributed by atoms with Crippen LogP contribution in [0.4, 0.5) is 4.39 Å². The van der Waals surface area contributed by atoms with E-state index in [0.717, 1.165) is 24.1 Å². The molecule has 0 aliphatic heterocycles. The second-order valence-corrected chi connectivity index (χ2v) is 5.58. The molecule has 1 aliphatic rings. The van der Waals surface area contributed by atoms with Gasteiger partial charge in [0.2, 0.25) is 0 Å². The summed E-state index contributed by atoms with van der Waals surface area (Å²) in [4.78, 5) is 0. The predicted octanol–water partition coefficient (Wildman–Crippen LogP) is 4.36. The summed E-state index contributed by atoms with van der Waals surface area (Å²) in [7, 11) is 0. The molecule has 4 heteroatoms. The average molecular weight is 297 g/mol. The third-order valence-electron chi connectivity index (χ3n) is 3.61. The molecule has 1 aromatic heterocycles. The minimum Gasteiger partial charge on any atom is -0.261 e. The van der Waals surface area contributed by atoms with E-state index in [4.69, 9.17) is 0 Å². The Morgan fingerprint density at radius 1 is 1.35 bits per heavy atom. The predicted molar refractivity (Wildman–Crippen MR) is 69.6 cm³/mol. The average Bonchev–Trinajstić information content (AvgIpc) is 2.91. The highest BCUT2D eigenvalue weighted by atomic mass is 79.9. The van der Waals surface area contributed by atoms with E-state index < -0.39 is 0 Å². The van der Waals surface area contributed by atoms with Crippen LogP contribution in [0.3, 0.4) is 0 Å². The SMILES string of the molecule is Cc1nn(C2CCCC2)c2ccc(Br)c(F)c12. The lowest BCUT2D eigenvalue weighted by Crippen LogP contribution is -2.06. The van der Waals surface area contributed by atoms with Gasteiger partial charge in [-0.25, -0.2) is 4.39 Å². The van der Waals surface area contributed by atoms with Crippen molar-refractivity contribution in [2.24, 2.45) is 0 Å². The van der Waals surface area contributed by atoms with Crippen molar-refractivity contribution < 1.29 is 4.39 Å². The van der Waals surface area contributed by atoms with E-state index in [1.165, 1.54) is 12.8 Å². The molecule has 0 radical (unpaired) electrons. The highest BCUT2D eigenvalue weighted by molar-refractivity contribution is 9.10. The first-order valence-corrected chi connectivity index (χ1v) is 6.80. The topological polar surface area (TPSA) is 17.8 Å². The number of nitrogens with zero attached hydrogens (tertiary/aromatic N) is 2. The van der Waals surface area contributed by atoms with E-state index in [2.05, 4.69) is 21.0 Å². The van der Waals surface area contributed by atoms with Crippen LogP contribution in [0, 0.1) is 12.7 Å². The van der Waals surface area contributed by atoms with Crippen LogP contribution in [0.5, 0.6) is 0 Å². The van der Waals surface area contributed by atoms with E-state index >= 15 is 0 Å². The molecular weight excluding hydrogens is 283 g/mol. The molecule has 0 N–H and O–H groups in total. The molecule has 0 saturated heterocycles. The second kappa shape index (κ2) is 4.09. The van der Waals surface area contributed by atoms with Gasteiger partial charge in [0.05, 0.1) is 27.1 Å². The van der Waals surface area contributed by atoms with Gasteiger partial charge in [-0.2, -0.15) is 5.10 Å². The smallest absolute Gasteiger partial charge is 0.148 e. The van der Waals surface area contributed by atoms with Gasteiger partial charge in [0.25, 0.3) is 0 Å². The van der Waals surface area contributed by atoms with Crippen LogP contribution in [0.1, 0.15) is 37.4 Å². The minimum atomic E-state index is -0.191. The third kappa shape index (κ3) is 1.69. The molecule has 0 spiro atoms. The van der Waals surface area contributed by atoms with E-state index in [9.17, 15) is 4.39 Å². The Kier molecular flexibility index (Phi) is 2.69. The van der Waals surface area contributed by atoms with Gasteiger partial charge in [0, 0.05) is 0 Å². The van der Waals surface area contributed by atoms with Gasteiger partial charge in [0.15, 0.2) is 0 Å². The summed E-state index contributed by atoms with van der Waals surface area (Å²) < 4.78 is 16.6. The fourth-order valence-corrected chi connectivity index (χ4v) is 3.10. The number of fused-ring (bicyclic) bond motifs is 1. The largest absolute Gasteiger partial charge is 0.261 e. The summed E-state index contributed by atoms with van der Waals surface area (Å²) in [5.41, 5.74) is 1.71. The van der Waals surface area contributed by atoms with Gasteiger partial charge in [-0.15, -0.1) is 0 Å². The van der Waals surface area contributed by atoms with E-state index in [1.54, 1.807) is 6.07 Å². The normalized spacial score (nSPS) is 17.1. The summed E-state index contributed by atoms with van der Waals surface area (Å²) in [5, 5.41) is 5.19. The van der Waals surface area contributed by atoms with Crippen LogP contribution in [-0.4, -0.2) is 9.78 Å². The van der Waals surface area contributed by atoms with E-state index in [0.29, 0.717) is 15.9 Å². The first-order chi connectivity index (χ1) is 8.18. The molecular formula is C13H14BrFN2. The Balaban J connectivity index is 2.24. The lowest BCUT2D eigenvalue weighted by atomic mass is 10.2. The number of aromatic nitrogens is 2.